The number of nitrogens with zero attached hydrogens (tertiary/aromatic N) is 2. The molecule has 3 rings (SSSR count). The molecule has 0 radical (unpaired) electrons. The Morgan fingerprint density at radius 3 is 2.52 bits per heavy atom. The standard InChI is InChI=1S/C20H22N4O4.ClH/c1-3-4-5-17-21-11-15(10-16-18(25)23-20(27)22-16)24(17)12-13-6-8-14(9-7-13)19(26)28-2;/h6-11H,3-5,12H2,1-2H3,(H2,22,23,25,27);1H. The van der Waals surface area contributed by atoms with Crippen molar-refractivity contribution in [2.45, 2.75) is 32.7 Å². The highest BCUT2D eigenvalue weighted by Crippen LogP contribution is 2.17. The molecule has 29 heavy (non-hydrogen) atoms. The van der Waals surface area contributed by atoms with E-state index in [1.807, 2.05) is 16.7 Å². The van der Waals surface area contributed by atoms with E-state index < -0.39 is 11.9 Å². The summed E-state index contributed by atoms with van der Waals surface area (Å²) in [5.74, 6) is 0.0528. The molecule has 1 fully saturated rings. The van der Waals surface area contributed by atoms with E-state index in [0.29, 0.717) is 12.1 Å². The molecule has 2 aromatic rings. The van der Waals surface area contributed by atoms with Crippen LogP contribution < -0.4 is 10.6 Å². The van der Waals surface area contributed by atoms with Crippen LogP contribution >= 0.6 is 12.4 Å². The van der Waals surface area contributed by atoms with E-state index in [-0.39, 0.29) is 24.1 Å². The Morgan fingerprint density at radius 1 is 1.21 bits per heavy atom. The van der Waals surface area contributed by atoms with E-state index >= 15 is 0 Å². The van der Waals surface area contributed by atoms with Crippen molar-refractivity contribution in [2.24, 2.45) is 0 Å². The number of hydrogen-bond donors (Lipinski definition) is 2. The van der Waals surface area contributed by atoms with Gasteiger partial charge in [0.2, 0.25) is 0 Å². The van der Waals surface area contributed by atoms with Crippen molar-refractivity contribution in [2.75, 3.05) is 7.11 Å². The van der Waals surface area contributed by atoms with Gasteiger partial charge in [-0.3, -0.25) is 10.1 Å². The lowest BCUT2D eigenvalue weighted by Gasteiger charge is -2.11. The highest BCUT2D eigenvalue weighted by molar-refractivity contribution is 6.13. The Hall–Kier alpha value is -3.13. The lowest BCUT2D eigenvalue weighted by Crippen LogP contribution is -2.22. The first-order valence-electron chi connectivity index (χ1n) is 9.07. The number of aromatic nitrogens is 2. The van der Waals surface area contributed by atoms with Gasteiger partial charge < -0.3 is 14.6 Å². The fourth-order valence-electron chi connectivity index (χ4n) is 2.94. The summed E-state index contributed by atoms with van der Waals surface area (Å²) in [7, 11) is 1.35. The Kier molecular flexibility index (Phi) is 7.55. The molecule has 154 valence electrons. The molecule has 1 aromatic heterocycles. The van der Waals surface area contributed by atoms with Crippen LogP contribution in [0.25, 0.3) is 6.08 Å². The first-order chi connectivity index (χ1) is 13.5. The minimum atomic E-state index is -0.535. The Labute approximate surface area is 174 Å². The van der Waals surface area contributed by atoms with Gasteiger partial charge >= 0.3 is 12.0 Å². The molecular weight excluding hydrogens is 396 g/mol. The molecule has 1 aliphatic heterocycles. The molecule has 0 unspecified atom stereocenters. The molecule has 0 atom stereocenters. The quantitative estimate of drug-likeness (QED) is 0.409. The number of methoxy groups -OCH3 is 1. The zero-order chi connectivity index (χ0) is 20.1. The molecule has 9 heteroatoms. The summed E-state index contributed by atoms with van der Waals surface area (Å²) in [6.07, 6.45) is 6.14. The van der Waals surface area contributed by atoms with Crippen molar-refractivity contribution in [3.8, 4) is 0 Å². The zero-order valence-corrected chi connectivity index (χ0v) is 17.0. The number of unbranched alkanes of at least 4 members (excludes halogenated alkanes) is 1. The van der Waals surface area contributed by atoms with Gasteiger partial charge in [-0.05, 0) is 30.2 Å². The van der Waals surface area contributed by atoms with Crippen molar-refractivity contribution in [3.63, 3.8) is 0 Å². The third-order valence-corrected chi connectivity index (χ3v) is 4.45. The number of carbonyl (C=O) groups excluding carboxylic acids is 3. The molecule has 2 N–H and O–H groups in total. The third-order valence-electron chi connectivity index (χ3n) is 4.45. The monoisotopic (exact) mass is 418 g/mol. The van der Waals surface area contributed by atoms with Crippen molar-refractivity contribution in [3.05, 3.63) is 58.8 Å². The van der Waals surface area contributed by atoms with Crippen LogP contribution in [0.2, 0.25) is 0 Å². The second kappa shape index (κ2) is 9.88. The van der Waals surface area contributed by atoms with Gasteiger partial charge in [0, 0.05) is 13.0 Å². The minimum Gasteiger partial charge on any atom is -0.465 e. The highest BCUT2D eigenvalue weighted by atomic mass is 35.5. The van der Waals surface area contributed by atoms with Crippen molar-refractivity contribution < 1.29 is 19.1 Å². The second-order valence-corrected chi connectivity index (χ2v) is 6.44. The fourth-order valence-corrected chi connectivity index (χ4v) is 2.94. The molecule has 2 heterocycles. The van der Waals surface area contributed by atoms with Gasteiger partial charge in [-0.25, -0.2) is 14.6 Å². The highest BCUT2D eigenvalue weighted by Gasteiger charge is 2.23. The van der Waals surface area contributed by atoms with Crippen LogP contribution in [0.5, 0.6) is 0 Å². The number of hydrogen-bond acceptors (Lipinski definition) is 5. The van der Waals surface area contributed by atoms with Crippen molar-refractivity contribution in [1.29, 1.82) is 0 Å². The maximum absolute atomic E-state index is 11.8. The number of urea groups is 1. The summed E-state index contributed by atoms with van der Waals surface area (Å²) in [5, 5.41) is 4.68. The largest absolute Gasteiger partial charge is 0.465 e. The van der Waals surface area contributed by atoms with E-state index in [1.165, 1.54) is 7.11 Å². The van der Waals surface area contributed by atoms with Gasteiger partial charge in [0.1, 0.15) is 11.5 Å². The number of benzene rings is 1. The predicted molar refractivity (Wildman–Crippen MR) is 110 cm³/mol. The number of nitrogens with one attached hydrogen (secondary N) is 2. The topological polar surface area (TPSA) is 102 Å². The van der Waals surface area contributed by atoms with Crippen LogP contribution in [0.1, 0.15) is 47.2 Å². The van der Waals surface area contributed by atoms with Gasteiger partial charge in [-0.15, -0.1) is 12.4 Å². The van der Waals surface area contributed by atoms with Crippen molar-refractivity contribution in [1.82, 2.24) is 20.2 Å². The van der Waals surface area contributed by atoms with Gasteiger partial charge in [0.05, 0.1) is 24.6 Å². The van der Waals surface area contributed by atoms with Crippen LogP contribution in [-0.2, 0) is 22.5 Å². The van der Waals surface area contributed by atoms with E-state index in [0.717, 1.165) is 36.3 Å². The van der Waals surface area contributed by atoms with E-state index in [1.54, 1.807) is 24.4 Å². The lowest BCUT2D eigenvalue weighted by molar-refractivity contribution is -0.115. The van der Waals surface area contributed by atoms with E-state index in [2.05, 4.69) is 22.5 Å². The van der Waals surface area contributed by atoms with Crippen LogP contribution in [0.3, 0.4) is 0 Å². The molecule has 1 aliphatic rings. The third kappa shape index (κ3) is 5.23. The molecule has 0 saturated carbocycles. The molecule has 0 spiro atoms. The number of imidazole rings is 1. The van der Waals surface area contributed by atoms with Gasteiger partial charge in [0.15, 0.2) is 0 Å². The molecule has 1 saturated heterocycles. The summed E-state index contributed by atoms with van der Waals surface area (Å²) in [6.45, 7) is 2.63. The summed E-state index contributed by atoms with van der Waals surface area (Å²) < 4.78 is 6.73. The lowest BCUT2D eigenvalue weighted by atomic mass is 10.1. The predicted octanol–water partition coefficient (Wildman–Crippen LogP) is 2.66. The number of rotatable bonds is 7. The van der Waals surface area contributed by atoms with Crippen LogP contribution in [0.15, 0.2) is 36.2 Å². The SMILES string of the molecule is CCCCc1ncc(C=C2NC(=O)NC2=O)n1Cc1ccc(C(=O)OC)cc1.Cl. The average molecular weight is 419 g/mol. The molecule has 8 nitrogen and oxygen atoms in total. The van der Waals surface area contributed by atoms with Crippen LogP contribution in [0, 0.1) is 0 Å². The number of halogens is 1. The maximum atomic E-state index is 11.8. The second-order valence-electron chi connectivity index (χ2n) is 6.44. The van der Waals surface area contributed by atoms with E-state index in [9.17, 15) is 14.4 Å². The van der Waals surface area contributed by atoms with Crippen LogP contribution in [0.4, 0.5) is 4.79 Å². The maximum Gasteiger partial charge on any atom is 0.337 e. The van der Waals surface area contributed by atoms with Crippen molar-refractivity contribution >= 4 is 36.4 Å². The number of amides is 3. The molecular formula is C20H23ClN4O4. The minimum absolute atomic E-state index is 0. The fraction of sp³-hybridized carbons (Fsp3) is 0.300. The summed E-state index contributed by atoms with van der Waals surface area (Å²) in [6, 6.07) is 6.61. The number of aryl methyl sites for hydroxylation is 1. The molecule has 0 aliphatic carbocycles. The number of esters is 1. The summed E-state index contributed by atoms with van der Waals surface area (Å²) in [5.41, 5.74) is 2.36. The number of imide groups is 1. The Bertz CT molecular complexity index is 934. The molecule has 0 bridgehead atoms. The Morgan fingerprint density at radius 2 is 1.93 bits per heavy atom. The van der Waals surface area contributed by atoms with Gasteiger partial charge in [-0.1, -0.05) is 25.5 Å². The number of carbonyl (C=O) groups is 3. The average Bonchev–Trinajstić information content (AvgIpc) is 3.22. The van der Waals surface area contributed by atoms with Gasteiger partial charge in [-0.2, -0.15) is 0 Å². The van der Waals surface area contributed by atoms with E-state index in [4.69, 9.17) is 4.74 Å². The normalized spacial score (nSPS) is 14.3. The zero-order valence-electron chi connectivity index (χ0n) is 16.2. The number of ether oxygens (including phenoxy) is 1. The van der Waals surface area contributed by atoms with Crippen LogP contribution in [-0.4, -0.2) is 34.6 Å². The first kappa shape index (κ1) is 22.2. The smallest absolute Gasteiger partial charge is 0.337 e. The summed E-state index contributed by atoms with van der Waals surface area (Å²) in [4.78, 5) is 39.3. The first-order valence-corrected chi connectivity index (χ1v) is 9.07. The van der Waals surface area contributed by atoms with Gasteiger partial charge in [0.25, 0.3) is 5.91 Å². The molecule has 1 aromatic carbocycles. The molecule has 3 amide bonds. The summed E-state index contributed by atoms with van der Waals surface area (Å²) >= 11 is 0. The Balaban J connectivity index is 0.00000300.